The van der Waals surface area contributed by atoms with E-state index in [2.05, 4.69) is 20.9 Å². The van der Waals surface area contributed by atoms with Gasteiger partial charge in [-0.2, -0.15) is 0 Å². The summed E-state index contributed by atoms with van der Waals surface area (Å²) in [6, 6.07) is 2.05. The number of carbonyl (C=O) groups is 6. The minimum absolute atomic E-state index is 0.00393. The van der Waals surface area contributed by atoms with E-state index in [0.717, 1.165) is 10.9 Å². The minimum atomic E-state index is -1.58. The van der Waals surface area contributed by atoms with Crippen molar-refractivity contribution in [2.75, 3.05) is 0 Å². The summed E-state index contributed by atoms with van der Waals surface area (Å²) in [7, 11) is 0. The first kappa shape index (κ1) is 31.8. The van der Waals surface area contributed by atoms with Crippen LogP contribution in [0.1, 0.15) is 45.1 Å². The second-order valence-electron chi connectivity index (χ2n) is 9.72. The molecule has 40 heavy (non-hydrogen) atoms. The molecule has 14 heteroatoms. The Hall–Kier alpha value is -4.46. The van der Waals surface area contributed by atoms with Crippen LogP contribution >= 0.6 is 0 Å². The maximum atomic E-state index is 13.4. The maximum absolute atomic E-state index is 13.4. The lowest BCUT2D eigenvalue weighted by atomic mass is 10.0. The lowest BCUT2D eigenvalue weighted by molar-refractivity contribution is -0.144. The van der Waals surface area contributed by atoms with Gasteiger partial charge < -0.3 is 42.0 Å². The van der Waals surface area contributed by atoms with Crippen molar-refractivity contribution in [2.45, 2.75) is 70.1 Å². The number of aromatic nitrogens is 1. The summed E-state index contributed by atoms with van der Waals surface area (Å²) in [6.45, 7) is 3.46. The predicted octanol–water partition coefficient (Wildman–Crippen LogP) is -0.0377. The van der Waals surface area contributed by atoms with E-state index in [1.807, 2.05) is 18.2 Å². The molecule has 0 aliphatic carbocycles. The zero-order valence-electron chi connectivity index (χ0n) is 22.2. The van der Waals surface area contributed by atoms with E-state index in [-0.39, 0.29) is 12.3 Å². The van der Waals surface area contributed by atoms with E-state index in [9.17, 15) is 33.9 Å². The number of para-hydroxylation sites is 1. The molecule has 2 aromatic rings. The van der Waals surface area contributed by atoms with Crippen LogP contribution < -0.4 is 21.7 Å². The first-order valence-electron chi connectivity index (χ1n) is 12.7. The fourth-order valence-electron chi connectivity index (χ4n) is 3.91. The fraction of sp³-hybridized carbons (Fsp3) is 0.462. The lowest BCUT2D eigenvalue weighted by Crippen LogP contribution is -2.58. The first-order chi connectivity index (χ1) is 18.8. The molecule has 0 radical (unpaired) electrons. The Morgan fingerprint density at radius 1 is 0.800 bits per heavy atom. The number of H-pyrrole nitrogens is 1. The standard InChI is InChI=1S/C26H35N5O9/c1-13(2)22(27)25(38)31-19(11-14-12-28-16-6-4-3-5-15(14)16)24(37)29-17(7-9-20(32)33)23(36)30-18(26(39)40)8-10-21(34)35/h3-6,12-13,17-19,22,28H,7-11,27H2,1-2H3,(H,29,37)(H,30,36)(H,31,38)(H,32,33)(H,34,35)(H,39,40). The number of nitrogens with one attached hydrogen (secondary N) is 4. The fourth-order valence-corrected chi connectivity index (χ4v) is 3.91. The summed E-state index contributed by atoms with van der Waals surface area (Å²) in [4.78, 5) is 75.8. The van der Waals surface area contributed by atoms with Gasteiger partial charge in [-0.05, 0) is 30.4 Å². The average Bonchev–Trinajstić information content (AvgIpc) is 3.29. The number of amides is 3. The van der Waals surface area contributed by atoms with Gasteiger partial charge in [-0.15, -0.1) is 0 Å². The molecule has 4 atom stereocenters. The van der Waals surface area contributed by atoms with Crippen molar-refractivity contribution in [1.29, 1.82) is 0 Å². The van der Waals surface area contributed by atoms with Gasteiger partial charge in [-0.1, -0.05) is 32.0 Å². The van der Waals surface area contributed by atoms with Crippen molar-refractivity contribution >= 4 is 46.5 Å². The summed E-state index contributed by atoms with van der Waals surface area (Å²) in [5.41, 5.74) is 7.43. The van der Waals surface area contributed by atoms with Crippen molar-refractivity contribution in [3.05, 3.63) is 36.0 Å². The molecule has 0 saturated carbocycles. The Balaban J connectivity index is 2.31. The van der Waals surface area contributed by atoms with Gasteiger partial charge in [0.05, 0.1) is 6.04 Å². The number of carboxylic acids is 3. The molecule has 0 saturated heterocycles. The first-order valence-corrected chi connectivity index (χ1v) is 12.7. The summed E-state index contributed by atoms with van der Waals surface area (Å²) in [5.74, 6) is -6.72. The molecule has 218 valence electrons. The third-order valence-corrected chi connectivity index (χ3v) is 6.29. The van der Waals surface area contributed by atoms with Crippen LogP contribution in [0.4, 0.5) is 0 Å². The Kier molecular flexibility index (Phi) is 11.6. The quantitative estimate of drug-likeness (QED) is 0.136. The van der Waals surface area contributed by atoms with E-state index in [1.54, 1.807) is 26.1 Å². The molecule has 1 aromatic heterocycles. The average molecular weight is 562 g/mol. The Morgan fingerprint density at radius 2 is 1.32 bits per heavy atom. The molecule has 14 nitrogen and oxygen atoms in total. The topological polar surface area (TPSA) is 241 Å². The molecule has 1 aromatic carbocycles. The van der Waals surface area contributed by atoms with Crippen molar-refractivity contribution in [1.82, 2.24) is 20.9 Å². The van der Waals surface area contributed by atoms with Gasteiger partial charge in [0, 0.05) is 36.4 Å². The number of rotatable bonds is 16. The molecule has 2 rings (SSSR count). The van der Waals surface area contributed by atoms with Gasteiger partial charge in [0.15, 0.2) is 0 Å². The number of aliphatic carboxylic acids is 3. The van der Waals surface area contributed by atoms with Crippen molar-refractivity contribution in [2.24, 2.45) is 11.7 Å². The zero-order chi connectivity index (χ0) is 30.0. The zero-order valence-corrected chi connectivity index (χ0v) is 22.2. The molecule has 0 bridgehead atoms. The van der Waals surface area contributed by atoms with Crippen LogP contribution in [0.2, 0.25) is 0 Å². The van der Waals surface area contributed by atoms with Crippen LogP contribution in [0.3, 0.4) is 0 Å². The predicted molar refractivity (Wildman–Crippen MR) is 142 cm³/mol. The summed E-state index contributed by atoms with van der Waals surface area (Å²) < 4.78 is 0. The SMILES string of the molecule is CC(C)C(N)C(=O)NC(Cc1c[nH]c2ccccc12)C(=O)NC(CCC(=O)O)C(=O)NC(CCC(=O)O)C(=O)O. The summed E-state index contributed by atoms with van der Waals surface area (Å²) >= 11 is 0. The number of hydrogen-bond donors (Lipinski definition) is 8. The van der Waals surface area contributed by atoms with Gasteiger partial charge in [-0.3, -0.25) is 24.0 Å². The number of fused-ring (bicyclic) bond motifs is 1. The molecular weight excluding hydrogens is 526 g/mol. The largest absolute Gasteiger partial charge is 0.481 e. The van der Waals surface area contributed by atoms with E-state index >= 15 is 0 Å². The van der Waals surface area contributed by atoms with Gasteiger partial charge in [0.2, 0.25) is 17.7 Å². The van der Waals surface area contributed by atoms with Crippen LogP contribution in [0, 0.1) is 5.92 Å². The van der Waals surface area contributed by atoms with E-state index in [0.29, 0.717) is 5.56 Å². The molecule has 9 N–H and O–H groups in total. The second-order valence-corrected chi connectivity index (χ2v) is 9.72. The van der Waals surface area contributed by atoms with Gasteiger partial charge in [0.25, 0.3) is 0 Å². The van der Waals surface area contributed by atoms with Gasteiger partial charge in [0.1, 0.15) is 18.1 Å². The molecule has 0 spiro atoms. The highest BCUT2D eigenvalue weighted by atomic mass is 16.4. The molecule has 3 amide bonds. The number of carbonyl (C=O) groups excluding carboxylic acids is 3. The van der Waals surface area contributed by atoms with Crippen LogP contribution in [0.15, 0.2) is 30.5 Å². The van der Waals surface area contributed by atoms with E-state index in [4.69, 9.17) is 15.9 Å². The smallest absolute Gasteiger partial charge is 0.326 e. The third kappa shape index (κ3) is 9.38. The third-order valence-electron chi connectivity index (χ3n) is 6.29. The van der Waals surface area contributed by atoms with Gasteiger partial charge >= 0.3 is 17.9 Å². The maximum Gasteiger partial charge on any atom is 0.326 e. The Bertz CT molecular complexity index is 1240. The number of nitrogens with two attached hydrogens (primary N) is 1. The molecule has 4 unspecified atom stereocenters. The Labute approximate surface area is 229 Å². The Morgan fingerprint density at radius 3 is 1.90 bits per heavy atom. The van der Waals surface area contributed by atoms with Crippen molar-refractivity contribution in [3.8, 4) is 0 Å². The number of aromatic amines is 1. The van der Waals surface area contributed by atoms with Gasteiger partial charge in [-0.25, -0.2) is 4.79 Å². The lowest BCUT2D eigenvalue weighted by Gasteiger charge is -2.25. The number of carboxylic acid groups (broad SMARTS) is 3. The number of benzene rings is 1. The minimum Gasteiger partial charge on any atom is -0.481 e. The monoisotopic (exact) mass is 561 g/mol. The number of hydrogen-bond acceptors (Lipinski definition) is 7. The highest BCUT2D eigenvalue weighted by Crippen LogP contribution is 2.19. The van der Waals surface area contributed by atoms with Crippen molar-refractivity contribution < 1.29 is 44.1 Å². The summed E-state index contributed by atoms with van der Waals surface area (Å²) in [5, 5.41) is 35.4. The molecular formula is C26H35N5O9. The van der Waals surface area contributed by atoms with Crippen LogP contribution in [-0.2, 0) is 35.2 Å². The highest BCUT2D eigenvalue weighted by molar-refractivity contribution is 5.95. The van der Waals surface area contributed by atoms with E-state index in [1.165, 1.54) is 0 Å². The normalized spacial score (nSPS) is 14.1. The van der Waals surface area contributed by atoms with Crippen LogP contribution in [-0.4, -0.2) is 80.1 Å². The van der Waals surface area contributed by atoms with E-state index < -0.39 is 85.5 Å². The highest BCUT2D eigenvalue weighted by Gasteiger charge is 2.31. The summed E-state index contributed by atoms with van der Waals surface area (Å²) in [6.07, 6.45) is -0.231. The molecule has 0 fully saturated rings. The van der Waals surface area contributed by atoms with Crippen molar-refractivity contribution in [3.63, 3.8) is 0 Å². The van der Waals surface area contributed by atoms with Crippen LogP contribution in [0.5, 0.6) is 0 Å². The molecule has 1 heterocycles. The second kappa shape index (κ2) is 14.6. The van der Waals surface area contributed by atoms with Crippen LogP contribution in [0.25, 0.3) is 10.9 Å². The molecule has 0 aliphatic heterocycles. The molecule has 0 aliphatic rings.